The van der Waals surface area contributed by atoms with Gasteiger partial charge in [0, 0.05) is 0 Å². The van der Waals surface area contributed by atoms with Gasteiger partial charge >= 0.3 is 0 Å². The zero-order valence-electron chi connectivity index (χ0n) is 10.1. The summed E-state index contributed by atoms with van der Waals surface area (Å²) in [6.07, 6.45) is -9.94. The van der Waals surface area contributed by atoms with E-state index < -0.39 is 62.7 Å². The van der Waals surface area contributed by atoms with Crippen LogP contribution in [-0.4, -0.2) is 98.5 Å². The van der Waals surface area contributed by atoms with Crippen molar-refractivity contribution in [3.8, 4) is 0 Å². The zero-order valence-corrected chi connectivity index (χ0v) is 10.1. The molecule has 0 aliphatic carbocycles. The summed E-state index contributed by atoms with van der Waals surface area (Å²) in [4.78, 5) is 0. The molecule has 7 atom stereocenters. The Morgan fingerprint density at radius 2 is 1.58 bits per heavy atom. The van der Waals surface area contributed by atoms with Crippen LogP contribution in [-0.2, 0) is 9.47 Å². The van der Waals surface area contributed by atoms with E-state index >= 15 is 0 Å². The summed E-state index contributed by atoms with van der Waals surface area (Å²) >= 11 is 0. The van der Waals surface area contributed by atoms with Crippen molar-refractivity contribution in [2.45, 2.75) is 42.9 Å². The van der Waals surface area contributed by atoms with Crippen LogP contribution in [0.2, 0.25) is 0 Å². The van der Waals surface area contributed by atoms with Gasteiger partial charge in [-0.3, -0.25) is 0 Å². The highest BCUT2D eigenvalue weighted by Crippen LogP contribution is 2.22. The summed E-state index contributed by atoms with van der Waals surface area (Å²) in [5, 5.41) is 64.5. The van der Waals surface area contributed by atoms with Gasteiger partial charge in [0.2, 0.25) is 0 Å². The van der Waals surface area contributed by atoms with Gasteiger partial charge in [0.25, 0.3) is 0 Å². The molecule has 1 unspecified atom stereocenters. The third-order valence-corrected chi connectivity index (χ3v) is 2.91. The molecule has 0 amide bonds. The molecule has 9 heteroatoms. The number of ether oxygens (including phenoxy) is 2. The fraction of sp³-hybridized carbons (Fsp3) is 1.00. The lowest BCUT2D eigenvalue weighted by Gasteiger charge is -2.39. The van der Waals surface area contributed by atoms with Crippen molar-refractivity contribution < 1.29 is 45.2 Å². The SMILES string of the molecule is OC[C@H](O)[C@@H](O)COC1O[C@H](CO)[C@@H](O)[C@H](O)[C@H]1O. The molecule has 9 nitrogen and oxygen atoms in total. The van der Waals surface area contributed by atoms with E-state index in [1.54, 1.807) is 0 Å². The molecule has 1 heterocycles. The van der Waals surface area contributed by atoms with E-state index in [-0.39, 0.29) is 0 Å². The topological polar surface area (TPSA) is 160 Å². The molecule has 1 rings (SSSR count). The summed E-state index contributed by atoms with van der Waals surface area (Å²) in [6.45, 7) is -1.73. The van der Waals surface area contributed by atoms with Gasteiger partial charge < -0.3 is 45.2 Å². The van der Waals surface area contributed by atoms with Crippen LogP contribution >= 0.6 is 0 Å². The molecule has 0 bridgehead atoms. The van der Waals surface area contributed by atoms with E-state index in [0.717, 1.165) is 0 Å². The third-order valence-electron chi connectivity index (χ3n) is 2.91. The highest BCUT2D eigenvalue weighted by Gasteiger charge is 2.44. The van der Waals surface area contributed by atoms with Crippen molar-refractivity contribution in [1.29, 1.82) is 0 Å². The number of aliphatic hydroxyl groups excluding tert-OH is 7. The molecule has 1 aliphatic heterocycles. The first kappa shape index (κ1) is 16.7. The molecule has 0 radical (unpaired) electrons. The number of rotatable bonds is 6. The summed E-state index contributed by atoms with van der Waals surface area (Å²) in [5.74, 6) is 0. The van der Waals surface area contributed by atoms with Gasteiger partial charge in [-0.2, -0.15) is 0 Å². The fourth-order valence-electron chi connectivity index (χ4n) is 1.63. The van der Waals surface area contributed by atoms with Crippen LogP contribution in [0.5, 0.6) is 0 Å². The standard InChI is InChI=1S/C10H20O9/c11-1-4(13)5(14)3-18-10-9(17)8(16)7(15)6(2-12)19-10/h4-17H,1-3H2/t4-,5-,6+,7+,8-,9+,10?/m0/s1. The zero-order chi connectivity index (χ0) is 14.6. The summed E-state index contributed by atoms with van der Waals surface area (Å²) in [7, 11) is 0. The van der Waals surface area contributed by atoms with Gasteiger partial charge in [0.1, 0.15) is 36.6 Å². The minimum absolute atomic E-state index is 0.468. The number of aliphatic hydroxyl groups is 7. The van der Waals surface area contributed by atoms with E-state index in [9.17, 15) is 20.4 Å². The van der Waals surface area contributed by atoms with Crippen LogP contribution in [0.3, 0.4) is 0 Å². The van der Waals surface area contributed by atoms with Crippen molar-refractivity contribution in [1.82, 2.24) is 0 Å². The maximum atomic E-state index is 9.59. The normalized spacial score (nSPS) is 39.0. The quantitative estimate of drug-likeness (QED) is 0.255. The van der Waals surface area contributed by atoms with E-state index in [1.807, 2.05) is 0 Å². The Labute approximate surface area is 109 Å². The van der Waals surface area contributed by atoms with Crippen LogP contribution in [0, 0.1) is 0 Å². The Balaban J connectivity index is 2.52. The third kappa shape index (κ3) is 4.05. The smallest absolute Gasteiger partial charge is 0.186 e. The highest BCUT2D eigenvalue weighted by molar-refractivity contribution is 4.89. The average Bonchev–Trinajstić information content (AvgIpc) is 2.42. The molecular weight excluding hydrogens is 264 g/mol. The van der Waals surface area contributed by atoms with E-state index in [1.165, 1.54) is 0 Å². The van der Waals surface area contributed by atoms with Crippen molar-refractivity contribution >= 4 is 0 Å². The lowest BCUT2D eigenvalue weighted by molar-refractivity contribution is -0.306. The van der Waals surface area contributed by atoms with Crippen molar-refractivity contribution in [3.63, 3.8) is 0 Å². The highest BCUT2D eigenvalue weighted by atomic mass is 16.7. The lowest BCUT2D eigenvalue weighted by Crippen LogP contribution is -2.59. The van der Waals surface area contributed by atoms with Gasteiger partial charge in [-0.1, -0.05) is 0 Å². The first-order valence-corrected chi connectivity index (χ1v) is 5.81. The molecule has 7 N–H and O–H groups in total. The molecular formula is C10H20O9. The summed E-state index contributed by atoms with van der Waals surface area (Å²) in [5.41, 5.74) is 0. The molecule has 0 saturated carbocycles. The van der Waals surface area contributed by atoms with Crippen LogP contribution in [0.15, 0.2) is 0 Å². The molecule has 0 aromatic carbocycles. The first-order valence-electron chi connectivity index (χ1n) is 5.81. The first-order chi connectivity index (χ1) is 8.92. The van der Waals surface area contributed by atoms with E-state index in [2.05, 4.69) is 0 Å². The Kier molecular flexibility index (Phi) is 6.53. The molecule has 1 fully saturated rings. The number of hydrogen-bond acceptors (Lipinski definition) is 9. The molecule has 0 aromatic heterocycles. The van der Waals surface area contributed by atoms with Gasteiger partial charge in [-0.25, -0.2) is 0 Å². The lowest BCUT2D eigenvalue weighted by atomic mass is 9.99. The Hall–Kier alpha value is -0.360. The molecule has 1 aliphatic rings. The number of hydrogen-bond donors (Lipinski definition) is 7. The fourth-order valence-corrected chi connectivity index (χ4v) is 1.63. The Morgan fingerprint density at radius 1 is 0.947 bits per heavy atom. The largest absolute Gasteiger partial charge is 0.394 e. The molecule has 0 aromatic rings. The maximum absolute atomic E-state index is 9.59. The maximum Gasteiger partial charge on any atom is 0.186 e. The minimum atomic E-state index is -1.57. The second kappa shape index (κ2) is 7.43. The van der Waals surface area contributed by atoms with E-state index in [4.69, 9.17) is 24.8 Å². The Morgan fingerprint density at radius 3 is 2.11 bits per heavy atom. The predicted molar refractivity (Wildman–Crippen MR) is 58.8 cm³/mol. The molecule has 0 spiro atoms. The Bertz CT molecular complexity index is 261. The van der Waals surface area contributed by atoms with Crippen LogP contribution in [0.4, 0.5) is 0 Å². The average molecular weight is 284 g/mol. The van der Waals surface area contributed by atoms with Crippen molar-refractivity contribution in [3.05, 3.63) is 0 Å². The summed E-state index contributed by atoms with van der Waals surface area (Å²) < 4.78 is 9.96. The minimum Gasteiger partial charge on any atom is -0.394 e. The molecule has 114 valence electrons. The molecule has 1 saturated heterocycles. The molecule has 19 heavy (non-hydrogen) atoms. The second-order valence-corrected chi connectivity index (χ2v) is 4.35. The summed E-state index contributed by atoms with van der Waals surface area (Å²) in [6, 6.07) is 0. The second-order valence-electron chi connectivity index (χ2n) is 4.35. The van der Waals surface area contributed by atoms with Crippen LogP contribution in [0.25, 0.3) is 0 Å². The van der Waals surface area contributed by atoms with Crippen molar-refractivity contribution in [2.75, 3.05) is 19.8 Å². The van der Waals surface area contributed by atoms with Gasteiger partial charge in [0.05, 0.1) is 19.8 Å². The van der Waals surface area contributed by atoms with Crippen molar-refractivity contribution in [2.24, 2.45) is 0 Å². The van der Waals surface area contributed by atoms with Crippen LogP contribution in [0.1, 0.15) is 0 Å². The van der Waals surface area contributed by atoms with Crippen LogP contribution < -0.4 is 0 Å². The van der Waals surface area contributed by atoms with Gasteiger partial charge in [0.15, 0.2) is 6.29 Å². The monoisotopic (exact) mass is 284 g/mol. The predicted octanol–water partition coefficient (Wildman–Crippen LogP) is -4.48. The van der Waals surface area contributed by atoms with Gasteiger partial charge in [-0.15, -0.1) is 0 Å². The van der Waals surface area contributed by atoms with E-state index in [0.29, 0.717) is 0 Å². The van der Waals surface area contributed by atoms with Gasteiger partial charge in [-0.05, 0) is 0 Å².